The van der Waals surface area contributed by atoms with Crippen LogP contribution in [-0.2, 0) is 0 Å². The van der Waals surface area contributed by atoms with E-state index in [4.69, 9.17) is 16.3 Å². The number of benzene rings is 2. The fourth-order valence-electron chi connectivity index (χ4n) is 2.49. The second-order valence-electron chi connectivity index (χ2n) is 5.73. The minimum atomic E-state index is 0.0344. The van der Waals surface area contributed by atoms with E-state index in [1.54, 1.807) is 0 Å². The molecule has 0 radical (unpaired) electrons. The van der Waals surface area contributed by atoms with Crippen molar-refractivity contribution < 1.29 is 4.74 Å². The molecule has 2 atom stereocenters. The molecular formula is C16H16BrClO. The Hall–Kier alpha value is -0.730. The van der Waals surface area contributed by atoms with Crippen LogP contribution in [0.5, 0.6) is 5.75 Å². The molecule has 1 aliphatic rings. The van der Waals surface area contributed by atoms with Gasteiger partial charge in [-0.1, -0.05) is 44.2 Å². The number of ether oxygens (including phenoxy) is 1. The van der Waals surface area contributed by atoms with Gasteiger partial charge in [0, 0.05) is 17.2 Å². The van der Waals surface area contributed by atoms with Crippen LogP contribution >= 0.6 is 27.5 Å². The first-order valence-electron chi connectivity index (χ1n) is 6.48. The van der Waals surface area contributed by atoms with Gasteiger partial charge in [0.25, 0.3) is 0 Å². The van der Waals surface area contributed by atoms with Gasteiger partial charge in [-0.25, -0.2) is 0 Å². The third kappa shape index (κ3) is 2.15. The quantitative estimate of drug-likeness (QED) is 0.667. The molecule has 0 amide bonds. The molecule has 19 heavy (non-hydrogen) atoms. The Morgan fingerprint density at radius 1 is 1.21 bits per heavy atom. The number of rotatable bonds is 2. The summed E-state index contributed by atoms with van der Waals surface area (Å²) in [5.41, 5.74) is 0.0344. The van der Waals surface area contributed by atoms with E-state index >= 15 is 0 Å². The molecule has 3 rings (SSSR count). The van der Waals surface area contributed by atoms with E-state index in [-0.39, 0.29) is 16.9 Å². The maximum Gasteiger partial charge on any atom is 0.134 e. The number of alkyl halides is 1. The SMILES string of the molecule is CC1(C)C(Cl)CC1Oc1ccc2ccccc2c1Br. The fraction of sp³-hybridized carbons (Fsp3) is 0.375. The summed E-state index contributed by atoms with van der Waals surface area (Å²) in [6, 6.07) is 12.4. The van der Waals surface area contributed by atoms with Gasteiger partial charge in [0.2, 0.25) is 0 Å². The van der Waals surface area contributed by atoms with Crippen molar-refractivity contribution >= 4 is 38.3 Å². The van der Waals surface area contributed by atoms with Crippen LogP contribution in [0, 0.1) is 5.41 Å². The van der Waals surface area contributed by atoms with Crippen LogP contribution < -0.4 is 4.74 Å². The Bertz CT molecular complexity index is 623. The van der Waals surface area contributed by atoms with Gasteiger partial charge in [0.15, 0.2) is 0 Å². The van der Waals surface area contributed by atoms with Crippen LogP contribution in [0.4, 0.5) is 0 Å². The smallest absolute Gasteiger partial charge is 0.134 e. The Kier molecular flexibility index (Phi) is 3.26. The van der Waals surface area contributed by atoms with Crippen LogP contribution in [0.2, 0.25) is 0 Å². The number of halogens is 2. The van der Waals surface area contributed by atoms with Gasteiger partial charge < -0.3 is 4.74 Å². The third-order valence-corrected chi connectivity index (χ3v) is 5.71. The molecule has 0 N–H and O–H groups in total. The lowest BCUT2D eigenvalue weighted by molar-refractivity contribution is -0.0134. The van der Waals surface area contributed by atoms with Crippen LogP contribution in [0.15, 0.2) is 40.9 Å². The predicted octanol–water partition coefficient (Wildman–Crippen LogP) is 5.39. The summed E-state index contributed by atoms with van der Waals surface area (Å²) in [5, 5.41) is 2.60. The van der Waals surface area contributed by atoms with E-state index in [9.17, 15) is 0 Å². The Labute approximate surface area is 127 Å². The van der Waals surface area contributed by atoms with Crippen molar-refractivity contribution in [2.45, 2.75) is 31.7 Å². The number of fused-ring (bicyclic) bond motifs is 1. The molecule has 0 aliphatic heterocycles. The highest BCUT2D eigenvalue weighted by atomic mass is 79.9. The number of hydrogen-bond donors (Lipinski definition) is 0. The zero-order chi connectivity index (χ0) is 13.6. The summed E-state index contributed by atoms with van der Waals surface area (Å²) in [6.07, 6.45) is 1.10. The molecule has 2 aromatic rings. The summed E-state index contributed by atoms with van der Waals surface area (Å²) in [4.78, 5) is 0. The zero-order valence-electron chi connectivity index (χ0n) is 11.0. The fourth-order valence-corrected chi connectivity index (χ4v) is 3.38. The van der Waals surface area contributed by atoms with Gasteiger partial charge in [0.05, 0.1) is 4.47 Å². The van der Waals surface area contributed by atoms with Gasteiger partial charge in [-0.05, 0) is 32.8 Å². The second kappa shape index (κ2) is 4.68. The van der Waals surface area contributed by atoms with E-state index in [0.717, 1.165) is 16.6 Å². The summed E-state index contributed by atoms with van der Waals surface area (Å²) in [5.74, 6) is 0.903. The molecule has 2 aromatic carbocycles. The van der Waals surface area contributed by atoms with E-state index in [1.165, 1.54) is 10.8 Å². The van der Waals surface area contributed by atoms with Gasteiger partial charge >= 0.3 is 0 Å². The highest BCUT2D eigenvalue weighted by molar-refractivity contribution is 9.10. The minimum Gasteiger partial charge on any atom is -0.489 e. The normalized spacial score (nSPS) is 25.1. The average Bonchev–Trinajstić information content (AvgIpc) is 2.41. The largest absolute Gasteiger partial charge is 0.489 e. The molecule has 0 bridgehead atoms. The summed E-state index contributed by atoms with van der Waals surface area (Å²) in [7, 11) is 0. The molecule has 100 valence electrons. The van der Waals surface area contributed by atoms with Gasteiger partial charge in [0.1, 0.15) is 11.9 Å². The van der Waals surface area contributed by atoms with E-state index < -0.39 is 0 Å². The molecule has 3 heteroatoms. The molecule has 1 fully saturated rings. The van der Waals surface area contributed by atoms with Crippen molar-refractivity contribution in [3.05, 3.63) is 40.9 Å². The summed E-state index contributed by atoms with van der Waals surface area (Å²) in [6.45, 7) is 4.32. The first kappa shape index (κ1) is 13.3. The lowest BCUT2D eigenvalue weighted by Crippen LogP contribution is -2.53. The Morgan fingerprint density at radius 2 is 1.95 bits per heavy atom. The monoisotopic (exact) mass is 338 g/mol. The number of hydrogen-bond acceptors (Lipinski definition) is 1. The van der Waals surface area contributed by atoms with Gasteiger partial charge in [-0.2, -0.15) is 0 Å². The van der Waals surface area contributed by atoms with Gasteiger partial charge in [-0.3, -0.25) is 0 Å². The van der Waals surface area contributed by atoms with E-state index in [1.807, 2.05) is 18.2 Å². The molecule has 0 spiro atoms. The highest BCUT2D eigenvalue weighted by Gasteiger charge is 2.49. The molecular weight excluding hydrogens is 324 g/mol. The van der Waals surface area contributed by atoms with Crippen LogP contribution in [0.25, 0.3) is 10.8 Å². The molecule has 1 saturated carbocycles. The summed E-state index contributed by atoms with van der Waals surface area (Å²) < 4.78 is 7.17. The molecule has 1 aliphatic carbocycles. The lowest BCUT2D eigenvalue weighted by atomic mass is 9.68. The Morgan fingerprint density at radius 3 is 2.63 bits per heavy atom. The summed E-state index contributed by atoms with van der Waals surface area (Å²) >= 11 is 9.90. The maximum atomic E-state index is 6.24. The highest BCUT2D eigenvalue weighted by Crippen LogP contribution is 2.47. The Balaban J connectivity index is 1.92. The van der Waals surface area contributed by atoms with Crippen LogP contribution in [-0.4, -0.2) is 11.5 Å². The van der Waals surface area contributed by atoms with Crippen molar-refractivity contribution in [3.63, 3.8) is 0 Å². The topological polar surface area (TPSA) is 9.23 Å². The van der Waals surface area contributed by atoms with Crippen molar-refractivity contribution in [1.82, 2.24) is 0 Å². The maximum absolute atomic E-state index is 6.24. The lowest BCUT2D eigenvalue weighted by Gasteiger charge is -2.48. The second-order valence-corrected chi connectivity index (χ2v) is 7.05. The van der Waals surface area contributed by atoms with Crippen molar-refractivity contribution in [2.75, 3.05) is 0 Å². The molecule has 2 unspecified atom stereocenters. The van der Waals surface area contributed by atoms with Crippen molar-refractivity contribution in [3.8, 4) is 5.75 Å². The molecule has 0 saturated heterocycles. The molecule has 0 aromatic heterocycles. The van der Waals surface area contributed by atoms with E-state index in [0.29, 0.717) is 0 Å². The molecule has 1 nitrogen and oxygen atoms in total. The van der Waals surface area contributed by atoms with Crippen LogP contribution in [0.3, 0.4) is 0 Å². The minimum absolute atomic E-state index is 0.0344. The standard InChI is InChI=1S/C16H16BrClO/c1-16(2)13(18)9-14(16)19-12-8-7-10-5-3-4-6-11(10)15(12)17/h3-8,13-14H,9H2,1-2H3. The average molecular weight is 340 g/mol. The van der Waals surface area contributed by atoms with E-state index in [2.05, 4.69) is 48.0 Å². The van der Waals surface area contributed by atoms with Gasteiger partial charge in [-0.15, -0.1) is 11.6 Å². The van der Waals surface area contributed by atoms with Crippen molar-refractivity contribution in [1.29, 1.82) is 0 Å². The zero-order valence-corrected chi connectivity index (χ0v) is 13.3. The predicted molar refractivity (Wildman–Crippen MR) is 84.1 cm³/mol. The van der Waals surface area contributed by atoms with Crippen molar-refractivity contribution in [2.24, 2.45) is 5.41 Å². The first-order valence-corrected chi connectivity index (χ1v) is 7.71. The third-order valence-electron chi connectivity index (χ3n) is 4.16. The van der Waals surface area contributed by atoms with Crippen LogP contribution in [0.1, 0.15) is 20.3 Å². The first-order chi connectivity index (χ1) is 9.00. The molecule has 0 heterocycles.